The zero-order valence-corrected chi connectivity index (χ0v) is 16.4. The summed E-state index contributed by atoms with van der Waals surface area (Å²) in [7, 11) is -3.96. The van der Waals surface area contributed by atoms with E-state index in [-0.39, 0.29) is 18.9 Å². The van der Waals surface area contributed by atoms with Crippen LogP contribution in [-0.2, 0) is 28.0 Å². The van der Waals surface area contributed by atoms with Crippen LogP contribution in [0.4, 0.5) is 0 Å². The molecule has 8 heteroatoms. The number of carboxylic acids is 1. The predicted molar refractivity (Wildman–Crippen MR) is 109 cm³/mol. The molecule has 1 aromatic heterocycles. The lowest BCUT2D eigenvalue weighted by atomic mass is 10.1. The molecule has 0 radical (unpaired) electrons. The molecular formula is C21H21N3O4S. The van der Waals surface area contributed by atoms with Gasteiger partial charge in [-0.15, -0.1) is 0 Å². The number of H-pyrrole nitrogens is 1. The number of aromatic nitrogens is 1. The molecule has 150 valence electrons. The normalized spacial score (nSPS) is 24.3. The smallest absolute Gasteiger partial charge is 0.325 e. The van der Waals surface area contributed by atoms with Gasteiger partial charge < -0.3 is 10.1 Å². The molecule has 1 aliphatic carbocycles. The molecule has 0 spiro atoms. The van der Waals surface area contributed by atoms with Crippen LogP contribution in [0.15, 0.2) is 54.6 Å². The number of aliphatic carboxylic acids is 1. The van der Waals surface area contributed by atoms with Crippen LogP contribution in [0, 0.1) is 0 Å². The third-order valence-corrected chi connectivity index (χ3v) is 7.66. The van der Waals surface area contributed by atoms with Crippen molar-refractivity contribution in [2.24, 2.45) is 0 Å². The summed E-state index contributed by atoms with van der Waals surface area (Å²) in [5.41, 5.74) is 2.32. The van der Waals surface area contributed by atoms with Crippen molar-refractivity contribution in [3.05, 3.63) is 71.4 Å². The van der Waals surface area contributed by atoms with Crippen LogP contribution in [0.2, 0.25) is 0 Å². The molecule has 5 rings (SSSR count). The summed E-state index contributed by atoms with van der Waals surface area (Å²) >= 11 is 0. The number of rotatable bonds is 5. The number of carboxylic acid groups (broad SMARTS) is 1. The molecular weight excluding hydrogens is 390 g/mol. The van der Waals surface area contributed by atoms with Crippen molar-refractivity contribution in [1.29, 1.82) is 0 Å². The van der Waals surface area contributed by atoms with Crippen molar-refractivity contribution in [2.45, 2.75) is 30.8 Å². The minimum Gasteiger partial charge on any atom is -0.480 e. The fourth-order valence-corrected chi connectivity index (χ4v) is 5.94. The van der Waals surface area contributed by atoms with E-state index in [1.165, 1.54) is 4.31 Å². The van der Waals surface area contributed by atoms with Crippen LogP contribution < -0.4 is 4.72 Å². The Hall–Kier alpha value is -2.68. The quantitative estimate of drug-likeness (QED) is 0.600. The Morgan fingerprint density at radius 3 is 2.62 bits per heavy atom. The number of fused-ring (bicyclic) bond motifs is 3. The molecule has 1 aliphatic heterocycles. The third kappa shape index (κ3) is 2.95. The molecule has 1 fully saturated rings. The molecule has 0 bridgehead atoms. The van der Waals surface area contributed by atoms with Gasteiger partial charge in [0, 0.05) is 29.1 Å². The minimum absolute atomic E-state index is 0.199. The molecule has 2 unspecified atom stereocenters. The van der Waals surface area contributed by atoms with E-state index >= 15 is 0 Å². The van der Waals surface area contributed by atoms with Crippen molar-refractivity contribution in [2.75, 3.05) is 6.54 Å². The summed E-state index contributed by atoms with van der Waals surface area (Å²) in [5.74, 6) is -1.51. The molecule has 2 aliphatic rings. The van der Waals surface area contributed by atoms with Gasteiger partial charge in [-0.1, -0.05) is 48.5 Å². The number of benzene rings is 2. The lowest BCUT2D eigenvalue weighted by molar-refractivity contribution is -0.140. The maximum atomic E-state index is 13.1. The molecule has 0 saturated heterocycles. The summed E-state index contributed by atoms with van der Waals surface area (Å²) in [6, 6.07) is 17.1. The number of para-hydroxylation sites is 1. The minimum atomic E-state index is -3.96. The van der Waals surface area contributed by atoms with Crippen LogP contribution in [0.1, 0.15) is 29.2 Å². The van der Waals surface area contributed by atoms with Gasteiger partial charge in [0.2, 0.25) is 0 Å². The lowest BCUT2D eigenvalue weighted by Gasteiger charge is -2.28. The van der Waals surface area contributed by atoms with Crippen LogP contribution in [-0.4, -0.2) is 40.9 Å². The summed E-state index contributed by atoms with van der Waals surface area (Å²) in [5, 5.41) is 10.9. The number of hydrogen-bond donors (Lipinski definition) is 3. The van der Waals surface area contributed by atoms with Gasteiger partial charge in [-0.3, -0.25) is 4.79 Å². The van der Waals surface area contributed by atoms with Gasteiger partial charge in [0.25, 0.3) is 10.2 Å². The van der Waals surface area contributed by atoms with E-state index in [4.69, 9.17) is 0 Å². The Morgan fingerprint density at radius 2 is 1.86 bits per heavy atom. The first-order valence-corrected chi connectivity index (χ1v) is 11.0. The van der Waals surface area contributed by atoms with Gasteiger partial charge in [-0.05, 0) is 30.0 Å². The van der Waals surface area contributed by atoms with Crippen molar-refractivity contribution < 1.29 is 18.3 Å². The molecule has 3 aromatic rings. The highest BCUT2D eigenvalue weighted by atomic mass is 32.2. The van der Waals surface area contributed by atoms with Crippen molar-refractivity contribution >= 4 is 27.1 Å². The average molecular weight is 411 g/mol. The molecule has 1 saturated carbocycles. The highest BCUT2D eigenvalue weighted by Gasteiger charge is 2.63. The summed E-state index contributed by atoms with van der Waals surface area (Å²) in [6.45, 7) is 0.515. The van der Waals surface area contributed by atoms with Gasteiger partial charge in [0.15, 0.2) is 0 Å². The highest BCUT2D eigenvalue weighted by molar-refractivity contribution is 7.87. The first kappa shape index (κ1) is 18.4. The van der Waals surface area contributed by atoms with E-state index in [1.807, 2.05) is 54.6 Å². The van der Waals surface area contributed by atoms with E-state index in [2.05, 4.69) is 9.71 Å². The standard InChI is InChI=1S/C21H21N3O4S/c25-20(26)21(12-17(21)14-6-2-1-3-7-14)23-29(27,28)24-11-10-16-15-8-4-5-9-18(15)22-19(16)13-24/h1-9,17,22-23H,10-13H2,(H,25,26). The Morgan fingerprint density at radius 1 is 1.14 bits per heavy atom. The predicted octanol–water partition coefficient (Wildman–Crippen LogP) is 2.37. The van der Waals surface area contributed by atoms with Crippen molar-refractivity contribution in [1.82, 2.24) is 14.0 Å². The Bertz CT molecular complexity index is 1210. The Balaban J connectivity index is 1.40. The number of nitrogens with zero attached hydrogens (tertiary/aromatic N) is 1. The van der Waals surface area contributed by atoms with Crippen LogP contribution in [0.25, 0.3) is 10.9 Å². The first-order valence-electron chi connectivity index (χ1n) is 9.56. The van der Waals surface area contributed by atoms with Crippen LogP contribution >= 0.6 is 0 Å². The second kappa shape index (κ2) is 6.41. The third-order valence-electron chi connectivity index (χ3n) is 6.04. The monoisotopic (exact) mass is 411 g/mol. The first-order chi connectivity index (χ1) is 13.9. The van der Waals surface area contributed by atoms with Crippen LogP contribution in [0.5, 0.6) is 0 Å². The van der Waals surface area contributed by atoms with E-state index < -0.39 is 21.7 Å². The van der Waals surface area contributed by atoms with Gasteiger partial charge in [0.05, 0.1) is 6.54 Å². The fraction of sp³-hybridized carbons (Fsp3) is 0.286. The van der Waals surface area contributed by atoms with E-state index in [1.54, 1.807) is 0 Å². The lowest BCUT2D eigenvalue weighted by Crippen LogP contribution is -2.51. The average Bonchev–Trinajstić information content (AvgIpc) is 3.32. The van der Waals surface area contributed by atoms with Gasteiger partial charge >= 0.3 is 5.97 Å². The van der Waals surface area contributed by atoms with Crippen LogP contribution in [0.3, 0.4) is 0 Å². The van der Waals surface area contributed by atoms with E-state index in [0.717, 1.165) is 27.7 Å². The Kier molecular flexibility index (Phi) is 4.06. The summed E-state index contributed by atoms with van der Waals surface area (Å²) in [6.07, 6.45) is 0.833. The van der Waals surface area contributed by atoms with E-state index in [0.29, 0.717) is 13.0 Å². The Labute approximate surface area is 168 Å². The number of aromatic amines is 1. The molecule has 2 atom stereocenters. The molecule has 0 amide bonds. The van der Waals surface area contributed by atoms with Gasteiger partial charge in [0.1, 0.15) is 5.54 Å². The number of hydrogen-bond acceptors (Lipinski definition) is 3. The number of carbonyl (C=O) groups is 1. The zero-order valence-electron chi connectivity index (χ0n) is 15.6. The highest BCUT2D eigenvalue weighted by Crippen LogP contribution is 2.52. The van der Waals surface area contributed by atoms with Crippen molar-refractivity contribution in [3.63, 3.8) is 0 Å². The maximum absolute atomic E-state index is 13.1. The molecule has 2 heterocycles. The molecule has 7 nitrogen and oxygen atoms in total. The van der Waals surface area contributed by atoms with Crippen molar-refractivity contribution in [3.8, 4) is 0 Å². The molecule has 29 heavy (non-hydrogen) atoms. The second-order valence-electron chi connectivity index (χ2n) is 7.76. The molecule has 2 aromatic carbocycles. The topological polar surface area (TPSA) is 102 Å². The summed E-state index contributed by atoms with van der Waals surface area (Å²) < 4.78 is 30.0. The maximum Gasteiger partial charge on any atom is 0.325 e. The SMILES string of the molecule is O=C(O)C1(NS(=O)(=O)N2CCc3c([nH]c4ccccc34)C2)CC1c1ccccc1. The summed E-state index contributed by atoms with van der Waals surface area (Å²) in [4.78, 5) is 15.3. The van der Waals surface area contributed by atoms with Gasteiger partial charge in [-0.2, -0.15) is 17.4 Å². The number of nitrogens with one attached hydrogen (secondary N) is 2. The zero-order chi connectivity index (χ0) is 20.2. The van der Waals surface area contributed by atoms with E-state index in [9.17, 15) is 18.3 Å². The fourth-order valence-electron chi connectivity index (χ4n) is 4.41. The second-order valence-corrected chi connectivity index (χ2v) is 9.43. The van der Waals surface area contributed by atoms with Gasteiger partial charge in [-0.25, -0.2) is 0 Å². The molecule has 3 N–H and O–H groups in total. The largest absolute Gasteiger partial charge is 0.480 e.